The maximum Gasteiger partial charge on any atom is 0.260 e. The van der Waals surface area contributed by atoms with E-state index in [1.165, 1.54) is 0 Å². The Balaban J connectivity index is 1.36. The topological polar surface area (TPSA) is 91.8 Å². The number of anilines is 1. The maximum atomic E-state index is 12.6. The first-order valence-electron chi connectivity index (χ1n) is 11.0. The van der Waals surface area contributed by atoms with Gasteiger partial charge in [0.2, 0.25) is 17.5 Å². The average molecular weight is 459 g/mol. The van der Waals surface area contributed by atoms with Gasteiger partial charge in [0, 0.05) is 37.8 Å². The molecule has 1 aliphatic rings. The third kappa shape index (κ3) is 5.38. The number of para-hydroxylation sites is 1. The van der Waals surface area contributed by atoms with Gasteiger partial charge in [-0.05, 0) is 31.2 Å². The lowest BCUT2D eigenvalue weighted by Gasteiger charge is -2.34. The van der Waals surface area contributed by atoms with Crippen LogP contribution in [0.25, 0.3) is 12.2 Å². The van der Waals surface area contributed by atoms with Crippen molar-refractivity contribution < 1.29 is 18.7 Å². The Bertz CT molecular complexity index is 1200. The first kappa shape index (κ1) is 22.9. The van der Waals surface area contributed by atoms with Gasteiger partial charge in [0.25, 0.3) is 5.91 Å². The van der Waals surface area contributed by atoms with Crippen LogP contribution in [0.1, 0.15) is 22.7 Å². The highest BCUT2D eigenvalue weighted by Gasteiger charge is 2.26. The van der Waals surface area contributed by atoms with Gasteiger partial charge in [0.05, 0.1) is 7.11 Å². The van der Waals surface area contributed by atoms with Crippen LogP contribution in [0, 0.1) is 18.3 Å². The second kappa shape index (κ2) is 10.6. The number of carbonyl (C=O) groups excluding carboxylic acids is 1. The number of oxazole rings is 1. The third-order valence-corrected chi connectivity index (χ3v) is 5.58. The Morgan fingerprint density at radius 3 is 2.56 bits per heavy atom. The van der Waals surface area contributed by atoms with E-state index in [4.69, 9.17) is 13.9 Å². The lowest BCUT2D eigenvalue weighted by Crippen LogP contribution is -2.50. The highest BCUT2D eigenvalue weighted by atomic mass is 16.5. The number of ether oxygens (including phenoxy) is 2. The minimum atomic E-state index is -0.0706. The highest BCUT2D eigenvalue weighted by molar-refractivity contribution is 5.78. The molecule has 0 N–H and O–H groups in total. The zero-order valence-electron chi connectivity index (χ0n) is 19.2. The predicted octanol–water partition coefficient (Wildman–Crippen LogP) is 3.76. The standard InChI is InChI=1S/C26H26N4O4/c1-19-7-10-21(11-8-19)33-18-25(31)29-13-15-30(16-14-29)26-22(17-27)28-24(34-26)12-9-20-5-3-4-6-23(20)32-2/h3-12H,13-16,18H2,1-2H3/b12-9+. The summed E-state index contributed by atoms with van der Waals surface area (Å²) in [5, 5.41) is 9.54. The summed E-state index contributed by atoms with van der Waals surface area (Å²) < 4.78 is 16.9. The van der Waals surface area contributed by atoms with Crippen molar-refractivity contribution in [2.45, 2.75) is 6.92 Å². The molecular weight excluding hydrogens is 432 g/mol. The van der Waals surface area contributed by atoms with E-state index in [0.717, 1.165) is 16.9 Å². The molecule has 34 heavy (non-hydrogen) atoms. The average Bonchev–Trinajstić information content (AvgIpc) is 3.30. The van der Waals surface area contributed by atoms with E-state index in [1.54, 1.807) is 18.1 Å². The summed E-state index contributed by atoms with van der Waals surface area (Å²) in [5.41, 5.74) is 2.24. The van der Waals surface area contributed by atoms with Crippen molar-refractivity contribution in [3.63, 3.8) is 0 Å². The highest BCUT2D eigenvalue weighted by Crippen LogP contribution is 2.25. The number of aryl methyl sites for hydroxylation is 1. The quantitative estimate of drug-likeness (QED) is 0.532. The second-order valence-corrected chi connectivity index (χ2v) is 7.86. The van der Waals surface area contributed by atoms with Gasteiger partial charge in [-0.3, -0.25) is 4.79 Å². The lowest BCUT2D eigenvalue weighted by molar-refractivity contribution is -0.133. The van der Waals surface area contributed by atoms with Crippen molar-refractivity contribution in [1.29, 1.82) is 5.26 Å². The molecule has 0 unspecified atom stereocenters. The van der Waals surface area contributed by atoms with Crippen LogP contribution >= 0.6 is 0 Å². The first-order chi connectivity index (χ1) is 16.6. The molecule has 8 heteroatoms. The monoisotopic (exact) mass is 458 g/mol. The lowest BCUT2D eigenvalue weighted by atomic mass is 10.2. The van der Waals surface area contributed by atoms with Gasteiger partial charge in [-0.15, -0.1) is 0 Å². The van der Waals surface area contributed by atoms with Crippen molar-refractivity contribution in [2.75, 3.05) is 44.8 Å². The van der Waals surface area contributed by atoms with E-state index in [1.807, 2.05) is 66.4 Å². The zero-order valence-corrected chi connectivity index (χ0v) is 19.2. The minimum absolute atomic E-state index is 0.00724. The predicted molar refractivity (Wildman–Crippen MR) is 129 cm³/mol. The first-order valence-corrected chi connectivity index (χ1v) is 11.0. The summed E-state index contributed by atoms with van der Waals surface area (Å²) in [4.78, 5) is 20.6. The molecule has 0 bridgehead atoms. The Hall–Kier alpha value is -4.25. The molecule has 1 aromatic heterocycles. The SMILES string of the molecule is COc1ccccc1/C=C/c1nc(C#N)c(N2CCN(C(=O)COc3ccc(C)cc3)CC2)o1. The number of benzene rings is 2. The number of nitriles is 1. The number of piperazine rings is 1. The van der Waals surface area contributed by atoms with Crippen LogP contribution in [0.2, 0.25) is 0 Å². The molecule has 1 aliphatic heterocycles. The van der Waals surface area contributed by atoms with Crippen molar-refractivity contribution in [1.82, 2.24) is 9.88 Å². The molecular formula is C26H26N4O4. The van der Waals surface area contributed by atoms with E-state index in [-0.39, 0.29) is 18.2 Å². The molecule has 3 aromatic rings. The summed E-state index contributed by atoms with van der Waals surface area (Å²) >= 11 is 0. The van der Waals surface area contributed by atoms with Gasteiger partial charge in [0.1, 0.15) is 17.6 Å². The Labute approximate surface area is 198 Å². The van der Waals surface area contributed by atoms with Crippen LogP contribution in [0.4, 0.5) is 5.88 Å². The molecule has 1 saturated heterocycles. The van der Waals surface area contributed by atoms with E-state index in [0.29, 0.717) is 43.7 Å². The Morgan fingerprint density at radius 1 is 1.12 bits per heavy atom. The summed E-state index contributed by atoms with van der Waals surface area (Å²) in [7, 11) is 1.61. The normalized spacial score (nSPS) is 13.7. The Morgan fingerprint density at radius 2 is 1.85 bits per heavy atom. The summed E-state index contributed by atoms with van der Waals surface area (Å²) in [6.45, 7) is 4.08. The molecule has 174 valence electrons. The van der Waals surface area contributed by atoms with Gasteiger partial charge in [-0.25, -0.2) is 0 Å². The summed E-state index contributed by atoms with van der Waals surface area (Å²) in [6, 6.07) is 17.3. The molecule has 0 aliphatic carbocycles. The summed E-state index contributed by atoms with van der Waals surface area (Å²) in [5.74, 6) is 2.09. The van der Waals surface area contributed by atoms with Crippen LogP contribution in [0.5, 0.6) is 11.5 Å². The number of nitrogens with zero attached hydrogens (tertiary/aromatic N) is 4. The molecule has 1 amide bonds. The molecule has 2 aromatic carbocycles. The summed E-state index contributed by atoms with van der Waals surface area (Å²) in [6.07, 6.45) is 3.55. The fourth-order valence-corrected chi connectivity index (χ4v) is 3.68. The fourth-order valence-electron chi connectivity index (χ4n) is 3.68. The van der Waals surface area contributed by atoms with Crippen LogP contribution in [0.3, 0.4) is 0 Å². The van der Waals surface area contributed by atoms with Crippen molar-refractivity contribution in [3.05, 3.63) is 71.2 Å². The third-order valence-electron chi connectivity index (χ3n) is 5.58. The van der Waals surface area contributed by atoms with Gasteiger partial charge in [0.15, 0.2) is 6.61 Å². The van der Waals surface area contributed by atoms with Gasteiger partial charge in [-0.1, -0.05) is 35.9 Å². The minimum Gasteiger partial charge on any atom is -0.496 e. The van der Waals surface area contributed by atoms with Gasteiger partial charge >= 0.3 is 0 Å². The molecule has 2 heterocycles. The molecule has 0 spiro atoms. The number of hydrogen-bond acceptors (Lipinski definition) is 7. The van der Waals surface area contributed by atoms with E-state index < -0.39 is 0 Å². The molecule has 0 radical (unpaired) electrons. The molecule has 8 nitrogen and oxygen atoms in total. The van der Waals surface area contributed by atoms with Crippen LogP contribution < -0.4 is 14.4 Å². The number of carbonyl (C=O) groups is 1. The smallest absolute Gasteiger partial charge is 0.260 e. The van der Waals surface area contributed by atoms with E-state index in [9.17, 15) is 10.1 Å². The largest absolute Gasteiger partial charge is 0.496 e. The van der Waals surface area contributed by atoms with Crippen molar-refractivity contribution in [2.24, 2.45) is 0 Å². The fraction of sp³-hybridized carbons (Fsp3) is 0.269. The number of rotatable bonds is 7. The van der Waals surface area contributed by atoms with E-state index in [2.05, 4.69) is 11.1 Å². The van der Waals surface area contributed by atoms with Crippen LogP contribution in [-0.2, 0) is 4.79 Å². The van der Waals surface area contributed by atoms with Gasteiger partial charge in [-0.2, -0.15) is 10.2 Å². The van der Waals surface area contributed by atoms with Crippen LogP contribution in [0.15, 0.2) is 52.9 Å². The molecule has 1 fully saturated rings. The van der Waals surface area contributed by atoms with Crippen LogP contribution in [-0.4, -0.2) is 55.7 Å². The number of amides is 1. The molecule has 0 atom stereocenters. The number of hydrogen-bond donors (Lipinski definition) is 0. The zero-order chi connectivity index (χ0) is 23.9. The molecule has 0 saturated carbocycles. The van der Waals surface area contributed by atoms with Gasteiger partial charge < -0.3 is 23.7 Å². The second-order valence-electron chi connectivity index (χ2n) is 7.86. The van der Waals surface area contributed by atoms with Crippen molar-refractivity contribution in [3.8, 4) is 17.6 Å². The number of methoxy groups -OCH3 is 1. The van der Waals surface area contributed by atoms with E-state index >= 15 is 0 Å². The number of aromatic nitrogens is 1. The molecule has 4 rings (SSSR count). The van der Waals surface area contributed by atoms with Crippen molar-refractivity contribution >= 4 is 23.9 Å². The maximum absolute atomic E-state index is 12.6. The Kier molecular flexibility index (Phi) is 7.13.